The van der Waals surface area contributed by atoms with Crippen LogP contribution in [-0.2, 0) is 0 Å². The highest BCUT2D eigenvalue weighted by Gasteiger charge is 2.21. The Labute approximate surface area is 274 Å². The first kappa shape index (κ1) is 16.9. The molecule has 5 nitrogen and oxygen atoms in total. The number of nitrogens with zero attached hydrogens (tertiary/aromatic N) is 4. The number of fused-ring (bicyclic) bond motifs is 10. The smallest absolute Gasteiger partial charge is 0.238 e. The molecular formula is C39H22N4OS. The van der Waals surface area contributed by atoms with E-state index in [-0.39, 0.29) is 61.3 Å². The van der Waals surface area contributed by atoms with Crippen molar-refractivity contribution in [3.8, 4) is 28.7 Å². The van der Waals surface area contributed by atoms with Crippen LogP contribution in [-0.4, -0.2) is 19.5 Å². The minimum Gasteiger partial charge on any atom is -0.456 e. The van der Waals surface area contributed by atoms with Crippen LogP contribution >= 0.6 is 11.3 Å². The van der Waals surface area contributed by atoms with Gasteiger partial charge in [-0.25, -0.2) is 4.98 Å². The lowest BCUT2D eigenvalue weighted by Crippen LogP contribution is -2.06. The van der Waals surface area contributed by atoms with Crippen molar-refractivity contribution in [3.63, 3.8) is 0 Å². The summed E-state index contributed by atoms with van der Waals surface area (Å²) in [6.45, 7) is 0. The molecule has 4 heterocycles. The van der Waals surface area contributed by atoms with E-state index in [2.05, 4.69) is 6.07 Å². The van der Waals surface area contributed by atoms with Gasteiger partial charge < -0.3 is 4.42 Å². The van der Waals surface area contributed by atoms with Crippen molar-refractivity contribution >= 4 is 75.3 Å². The average Bonchev–Trinajstić information content (AvgIpc) is 3.90. The first-order valence-corrected chi connectivity index (χ1v) is 14.9. The number of rotatable bonds is 3. The second kappa shape index (κ2) is 9.32. The number of benzene rings is 6. The van der Waals surface area contributed by atoms with Crippen LogP contribution in [0.1, 0.15) is 13.7 Å². The monoisotopic (exact) mass is 604 g/mol. The van der Waals surface area contributed by atoms with Crippen LogP contribution in [0.15, 0.2) is 138 Å². The van der Waals surface area contributed by atoms with E-state index in [1.807, 2.05) is 66.7 Å². The van der Waals surface area contributed by atoms with Crippen LogP contribution in [0.2, 0.25) is 0 Å². The maximum Gasteiger partial charge on any atom is 0.238 e. The maximum absolute atomic E-state index is 9.37. The highest BCUT2D eigenvalue weighted by atomic mass is 32.1. The van der Waals surface area contributed by atoms with Crippen molar-refractivity contribution in [2.75, 3.05) is 0 Å². The first-order chi connectivity index (χ1) is 26.5. The van der Waals surface area contributed by atoms with Crippen molar-refractivity contribution in [3.05, 3.63) is 133 Å². The number of para-hydroxylation sites is 2. The molecule has 0 bridgehead atoms. The molecule has 0 aliphatic carbocycles. The van der Waals surface area contributed by atoms with Gasteiger partial charge in [-0.05, 0) is 48.4 Å². The lowest BCUT2D eigenvalue weighted by atomic mass is 10.1. The molecule has 0 N–H and O–H groups in total. The summed E-state index contributed by atoms with van der Waals surface area (Å²) in [6.07, 6.45) is 0. The SMILES string of the molecule is [2H]c1c([2H])c([2H])c2c(oc3c([2H])c([2H])c4c(c5c([2H])c([2H])c([2H])c([2H])c5n4-c4nc(-c5ccccc5)nc(-c5ccc6sc7ccccc7c6c5)n4)c32)c1[2H]. The molecule has 0 aliphatic heterocycles. The van der Waals surface area contributed by atoms with E-state index >= 15 is 0 Å². The molecule has 0 fully saturated rings. The fraction of sp³-hybridized carbons (Fsp3) is 0. The van der Waals surface area contributed by atoms with Gasteiger partial charge in [-0.15, -0.1) is 11.3 Å². The minimum atomic E-state index is -0.557. The van der Waals surface area contributed by atoms with Gasteiger partial charge in [-0.2, -0.15) is 9.97 Å². The van der Waals surface area contributed by atoms with Gasteiger partial charge in [0.25, 0.3) is 0 Å². The van der Waals surface area contributed by atoms with E-state index in [1.165, 1.54) is 4.57 Å². The Morgan fingerprint density at radius 3 is 2.22 bits per heavy atom. The summed E-state index contributed by atoms with van der Waals surface area (Å²) >= 11 is 1.66. The van der Waals surface area contributed by atoms with Crippen molar-refractivity contribution in [2.45, 2.75) is 0 Å². The Balaban J connectivity index is 1.40. The van der Waals surface area contributed by atoms with Crippen molar-refractivity contribution in [2.24, 2.45) is 0 Å². The van der Waals surface area contributed by atoms with Crippen LogP contribution < -0.4 is 0 Å². The quantitative estimate of drug-likeness (QED) is 0.201. The van der Waals surface area contributed by atoms with Crippen LogP contribution in [0.25, 0.3) is 92.6 Å². The summed E-state index contributed by atoms with van der Waals surface area (Å²) in [5, 5.41) is 1.98. The molecule has 6 heteroatoms. The Kier molecular flexibility index (Phi) is 3.49. The molecule has 210 valence electrons. The van der Waals surface area contributed by atoms with Gasteiger partial charge in [0.15, 0.2) is 11.6 Å². The molecule has 0 saturated carbocycles. The minimum absolute atomic E-state index is 0.0131. The largest absolute Gasteiger partial charge is 0.456 e. The molecule has 0 spiro atoms. The second-order valence-electron chi connectivity index (χ2n) is 10.5. The molecule has 0 saturated heterocycles. The van der Waals surface area contributed by atoms with Gasteiger partial charge in [0.1, 0.15) is 11.2 Å². The van der Waals surface area contributed by atoms with Crippen molar-refractivity contribution in [1.29, 1.82) is 0 Å². The highest BCUT2D eigenvalue weighted by molar-refractivity contribution is 7.25. The topological polar surface area (TPSA) is 56.7 Å². The van der Waals surface area contributed by atoms with E-state index < -0.39 is 60.4 Å². The predicted molar refractivity (Wildman–Crippen MR) is 185 cm³/mol. The second-order valence-corrected chi connectivity index (χ2v) is 11.6. The molecule has 0 aliphatic rings. The van der Waals surface area contributed by atoms with Crippen LogP contribution in [0.5, 0.6) is 0 Å². The molecule has 10 aromatic rings. The zero-order chi connectivity index (χ0) is 38.2. The summed E-state index contributed by atoms with van der Waals surface area (Å²) in [7, 11) is 0. The number of hydrogen-bond acceptors (Lipinski definition) is 5. The number of furan rings is 1. The fourth-order valence-corrected chi connectivity index (χ4v) is 7.08. The summed E-state index contributed by atoms with van der Waals surface area (Å²) in [4.78, 5) is 14.7. The van der Waals surface area contributed by atoms with Gasteiger partial charge in [0, 0.05) is 52.8 Å². The number of thiophene rings is 1. The molecule has 10 rings (SSSR count). The molecule has 45 heavy (non-hydrogen) atoms. The first-order valence-electron chi connectivity index (χ1n) is 19.1. The van der Waals surface area contributed by atoms with Gasteiger partial charge >= 0.3 is 0 Å². The zero-order valence-corrected chi connectivity index (χ0v) is 23.9. The molecule has 0 atom stereocenters. The normalized spacial score (nSPS) is 15.1. The summed E-state index contributed by atoms with van der Waals surface area (Å²) < 4.78 is 97.8. The molecule has 0 radical (unpaired) electrons. The number of hydrogen-bond donors (Lipinski definition) is 0. The van der Waals surface area contributed by atoms with E-state index in [1.54, 1.807) is 11.3 Å². The van der Waals surface area contributed by atoms with Crippen LogP contribution in [0.4, 0.5) is 0 Å². The molecule has 6 aromatic carbocycles. The van der Waals surface area contributed by atoms with Crippen molar-refractivity contribution < 1.29 is 18.1 Å². The fourth-order valence-electron chi connectivity index (χ4n) is 6.00. The highest BCUT2D eigenvalue weighted by Crippen LogP contribution is 2.41. The van der Waals surface area contributed by atoms with E-state index in [4.69, 9.17) is 30.3 Å². The van der Waals surface area contributed by atoms with Gasteiger partial charge in [0.05, 0.1) is 24.7 Å². The lowest BCUT2D eigenvalue weighted by molar-refractivity contribution is 0.669. The van der Waals surface area contributed by atoms with Crippen molar-refractivity contribution in [1.82, 2.24) is 19.5 Å². The Hall–Kier alpha value is -5.85. The third-order valence-electron chi connectivity index (χ3n) is 7.97. The standard InChI is InChI=1S/C39H22N4OS/c1-2-10-23(11-3-1)37-40-38(24-18-21-34-28(22-24)25-12-6-9-17-33(25)45-34)42-39(41-37)43-29-15-7-4-13-26(29)35-30(43)19-20-32-36(35)27-14-5-8-16-31(27)44-32/h1-22H/i4D,5D,7D,8D,13D,14D,15D,16D,19D,20D. The Morgan fingerprint density at radius 1 is 0.556 bits per heavy atom. The third-order valence-corrected chi connectivity index (χ3v) is 9.12. The molecular weight excluding hydrogens is 573 g/mol. The third kappa shape index (κ3) is 3.63. The number of aromatic nitrogens is 4. The Morgan fingerprint density at radius 2 is 1.31 bits per heavy atom. The molecule has 0 amide bonds. The van der Waals surface area contributed by atoms with Gasteiger partial charge in [-0.3, -0.25) is 4.57 Å². The lowest BCUT2D eigenvalue weighted by Gasteiger charge is -2.11. The van der Waals surface area contributed by atoms with E-state index in [0.717, 1.165) is 20.2 Å². The van der Waals surface area contributed by atoms with Gasteiger partial charge in [-0.1, -0.05) is 84.8 Å². The van der Waals surface area contributed by atoms with Crippen LogP contribution in [0.3, 0.4) is 0 Å². The van der Waals surface area contributed by atoms with E-state index in [0.29, 0.717) is 11.1 Å². The van der Waals surface area contributed by atoms with Crippen LogP contribution in [0, 0.1) is 0 Å². The van der Waals surface area contributed by atoms with Gasteiger partial charge in [0.2, 0.25) is 5.95 Å². The average molecular weight is 605 g/mol. The predicted octanol–water partition coefficient (Wildman–Crippen LogP) is 10.6. The summed E-state index contributed by atoms with van der Waals surface area (Å²) in [5.74, 6) is 0.401. The van der Waals surface area contributed by atoms with E-state index in [9.17, 15) is 2.74 Å². The maximum atomic E-state index is 9.37. The Bertz CT molecular complexity index is 3340. The molecule has 0 unspecified atom stereocenters. The summed E-state index contributed by atoms with van der Waals surface area (Å²) in [5.41, 5.74) is 0.656. The molecule has 4 aromatic heterocycles. The summed E-state index contributed by atoms with van der Waals surface area (Å²) in [6, 6.07) is 18.2. The zero-order valence-electron chi connectivity index (χ0n) is 33.0.